The second-order valence-corrected chi connectivity index (χ2v) is 7.37. The highest BCUT2D eigenvalue weighted by molar-refractivity contribution is 7.86. The Morgan fingerprint density at radius 2 is 1.76 bits per heavy atom. The molecule has 4 N–H and O–H groups in total. The molecule has 2 aromatic rings. The number of ether oxygens (including phenoxy) is 1. The second-order valence-electron chi connectivity index (χ2n) is 5.77. The molecule has 9 heteroatoms. The molecule has 1 aliphatic rings. The van der Waals surface area contributed by atoms with E-state index in [2.05, 4.69) is 0 Å². The van der Waals surface area contributed by atoms with Gasteiger partial charge in [-0.15, -0.1) is 0 Å². The minimum atomic E-state index is -3.83. The Morgan fingerprint density at radius 3 is 2.40 bits per heavy atom. The topological polar surface area (TPSA) is 134 Å². The number of aromatic hydroxyl groups is 4. The number of hydrogen-bond donors (Lipinski definition) is 4. The average Bonchev–Trinajstić information content (AvgIpc) is 2.48. The summed E-state index contributed by atoms with van der Waals surface area (Å²) in [6.07, 6.45) is -1.07. The van der Waals surface area contributed by atoms with Gasteiger partial charge in [0.2, 0.25) is 0 Å². The Hall–Kier alpha value is -2.65. The van der Waals surface area contributed by atoms with Crippen LogP contribution in [0, 0.1) is 0 Å². The summed E-state index contributed by atoms with van der Waals surface area (Å²) in [4.78, 5) is 0. The summed E-state index contributed by atoms with van der Waals surface area (Å²) >= 11 is 0. The molecule has 0 aliphatic carbocycles. The third kappa shape index (κ3) is 3.57. The quantitative estimate of drug-likeness (QED) is 0.473. The van der Waals surface area contributed by atoms with Crippen LogP contribution in [0.5, 0.6) is 28.7 Å². The van der Waals surface area contributed by atoms with Crippen molar-refractivity contribution in [2.24, 2.45) is 0 Å². The lowest BCUT2D eigenvalue weighted by Crippen LogP contribution is -2.34. The molecule has 0 bridgehead atoms. The molecule has 0 fully saturated rings. The molecule has 134 valence electrons. The van der Waals surface area contributed by atoms with Gasteiger partial charge in [-0.05, 0) is 17.7 Å². The van der Waals surface area contributed by atoms with Crippen molar-refractivity contribution in [1.82, 2.24) is 0 Å². The molecule has 0 spiro atoms. The van der Waals surface area contributed by atoms with E-state index in [0.29, 0.717) is 11.1 Å². The zero-order chi connectivity index (χ0) is 18.4. The van der Waals surface area contributed by atoms with Crippen molar-refractivity contribution in [1.29, 1.82) is 0 Å². The van der Waals surface area contributed by atoms with E-state index in [-0.39, 0.29) is 29.4 Å². The molecule has 0 aromatic heterocycles. The molecule has 0 radical (unpaired) electrons. The van der Waals surface area contributed by atoms with Crippen LogP contribution in [0.3, 0.4) is 0 Å². The number of phenolic OH excluding ortho intramolecular Hbond substituents is 4. The lowest BCUT2D eigenvalue weighted by atomic mass is 9.94. The number of benzene rings is 2. The van der Waals surface area contributed by atoms with Crippen molar-refractivity contribution >= 4 is 10.1 Å². The predicted molar refractivity (Wildman–Crippen MR) is 86.3 cm³/mol. The summed E-state index contributed by atoms with van der Waals surface area (Å²) in [6, 6.07) is 6.32. The highest BCUT2D eigenvalue weighted by Crippen LogP contribution is 2.44. The van der Waals surface area contributed by atoms with Gasteiger partial charge in [-0.1, -0.05) is 6.07 Å². The lowest BCUT2D eigenvalue weighted by Gasteiger charge is -2.33. The summed E-state index contributed by atoms with van der Waals surface area (Å²) in [5, 5.41) is 38.7. The molecular formula is C16H16O8S. The molecular weight excluding hydrogens is 352 g/mol. The van der Waals surface area contributed by atoms with Gasteiger partial charge in [0.05, 0.1) is 6.26 Å². The average molecular weight is 368 g/mol. The Bertz CT molecular complexity index is 922. The Balaban J connectivity index is 2.07. The first kappa shape index (κ1) is 17.2. The smallest absolute Gasteiger partial charge is 0.264 e. The summed E-state index contributed by atoms with van der Waals surface area (Å²) in [5.41, 5.74) is 0.656. The predicted octanol–water partition coefficient (Wildman–Crippen LogP) is 1.53. The second kappa shape index (κ2) is 6.01. The molecule has 2 atom stereocenters. The fourth-order valence-corrected chi connectivity index (χ4v) is 3.37. The standard InChI is InChI=1S/C16H16O8S/c1-25(21,22)24-15-7-10-12(19)5-9(17)6-14(10)23-16(15)8-2-3-11(18)13(20)4-8/h2-6,15-20H,7H2,1H3/t15-,16-/m1/s1. The third-order valence-electron chi connectivity index (χ3n) is 3.79. The maximum Gasteiger partial charge on any atom is 0.264 e. The van der Waals surface area contributed by atoms with Crippen LogP contribution in [-0.2, 0) is 20.7 Å². The van der Waals surface area contributed by atoms with Crippen LogP contribution >= 0.6 is 0 Å². The molecule has 0 saturated carbocycles. The van der Waals surface area contributed by atoms with Crippen LogP contribution < -0.4 is 4.74 Å². The van der Waals surface area contributed by atoms with Gasteiger partial charge in [0, 0.05) is 24.1 Å². The van der Waals surface area contributed by atoms with Gasteiger partial charge >= 0.3 is 0 Å². The van der Waals surface area contributed by atoms with Crippen LogP contribution in [0.1, 0.15) is 17.2 Å². The van der Waals surface area contributed by atoms with Crippen molar-refractivity contribution in [3.63, 3.8) is 0 Å². The molecule has 0 unspecified atom stereocenters. The van der Waals surface area contributed by atoms with Gasteiger partial charge in [0.15, 0.2) is 17.6 Å². The van der Waals surface area contributed by atoms with Crippen LogP contribution in [0.15, 0.2) is 30.3 Å². The number of rotatable bonds is 3. The molecule has 25 heavy (non-hydrogen) atoms. The van der Waals surface area contributed by atoms with E-state index in [1.54, 1.807) is 0 Å². The van der Waals surface area contributed by atoms with Crippen LogP contribution in [0.2, 0.25) is 0 Å². The number of hydrogen-bond acceptors (Lipinski definition) is 8. The molecule has 2 aromatic carbocycles. The molecule has 0 amide bonds. The van der Waals surface area contributed by atoms with E-state index in [1.165, 1.54) is 24.3 Å². The van der Waals surface area contributed by atoms with E-state index >= 15 is 0 Å². The van der Waals surface area contributed by atoms with Gasteiger partial charge < -0.3 is 25.2 Å². The van der Waals surface area contributed by atoms with Crippen LogP contribution in [-0.4, -0.2) is 41.2 Å². The molecule has 8 nitrogen and oxygen atoms in total. The van der Waals surface area contributed by atoms with E-state index in [4.69, 9.17) is 8.92 Å². The first-order valence-electron chi connectivity index (χ1n) is 7.25. The van der Waals surface area contributed by atoms with Crippen molar-refractivity contribution in [3.8, 4) is 28.7 Å². The van der Waals surface area contributed by atoms with Crippen molar-refractivity contribution in [2.45, 2.75) is 18.6 Å². The lowest BCUT2D eigenvalue weighted by molar-refractivity contribution is 0.0413. The number of phenols is 4. The summed E-state index contributed by atoms with van der Waals surface area (Å²) in [5.74, 6) is -1.03. The summed E-state index contributed by atoms with van der Waals surface area (Å²) < 4.78 is 34.0. The van der Waals surface area contributed by atoms with Crippen LogP contribution in [0.25, 0.3) is 0 Å². The van der Waals surface area contributed by atoms with Gasteiger partial charge in [-0.2, -0.15) is 8.42 Å². The van der Waals surface area contributed by atoms with Crippen molar-refractivity contribution in [2.75, 3.05) is 6.26 Å². The number of fused-ring (bicyclic) bond motifs is 1. The Morgan fingerprint density at radius 1 is 1.04 bits per heavy atom. The van der Waals surface area contributed by atoms with Crippen molar-refractivity contribution < 1.29 is 37.8 Å². The minimum absolute atomic E-state index is 0.000815. The van der Waals surface area contributed by atoms with Gasteiger partial charge in [-0.25, -0.2) is 0 Å². The zero-order valence-electron chi connectivity index (χ0n) is 13.1. The highest BCUT2D eigenvalue weighted by atomic mass is 32.2. The Kier molecular flexibility index (Phi) is 4.13. The monoisotopic (exact) mass is 368 g/mol. The van der Waals surface area contributed by atoms with E-state index in [0.717, 1.165) is 12.3 Å². The zero-order valence-corrected chi connectivity index (χ0v) is 13.9. The maximum absolute atomic E-state index is 11.6. The fraction of sp³-hybridized carbons (Fsp3) is 0.250. The molecule has 0 saturated heterocycles. The largest absolute Gasteiger partial charge is 0.508 e. The van der Waals surface area contributed by atoms with Crippen LogP contribution in [0.4, 0.5) is 0 Å². The molecule has 3 rings (SSSR count). The maximum atomic E-state index is 11.6. The summed E-state index contributed by atoms with van der Waals surface area (Å²) in [7, 11) is -3.83. The summed E-state index contributed by atoms with van der Waals surface area (Å²) in [6.45, 7) is 0. The minimum Gasteiger partial charge on any atom is -0.508 e. The van der Waals surface area contributed by atoms with Crippen molar-refractivity contribution in [3.05, 3.63) is 41.5 Å². The third-order valence-corrected chi connectivity index (χ3v) is 4.39. The first-order valence-corrected chi connectivity index (χ1v) is 9.07. The van der Waals surface area contributed by atoms with E-state index in [9.17, 15) is 28.8 Å². The SMILES string of the molecule is CS(=O)(=O)O[C@@H]1Cc2c(O)cc(O)cc2O[C@@H]1c1ccc(O)c(O)c1. The van der Waals surface area contributed by atoms with Gasteiger partial charge in [0.1, 0.15) is 23.4 Å². The van der Waals surface area contributed by atoms with E-state index in [1.807, 2.05) is 0 Å². The highest BCUT2D eigenvalue weighted by Gasteiger charge is 2.36. The normalized spacial score (nSPS) is 19.9. The Labute approximate surface area is 143 Å². The fourth-order valence-electron chi connectivity index (χ4n) is 2.76. The van der Waals surface area contributed by atoms with E-state index < -0.39 is 28.1 Å². The van der Waals surface area contributed by atoms with Gasteiger partial charge in [0.25, 0.3) is 10.1 Å². The molecule has 1 heterocycles. The van der Waals surface area contributed by atoms with Gasteiger partial charge in [-0.3, -0.25) is 4.18 Å². The first-order chi connectivity index (χ1) is 11.6. The molecule has 1 aliphatic heterocycles.